The van der Waals surface area contributed by atoms with Crippen LogP contribution in [0.5, 0.6) is 5.75 Å². The van der Waals surface area contributed by atoms with Crippen LogP contribution in [0.2, 0.25) is 0 Å². The number of anilines is 1. The van der Waals surface area contributed by atoms with Crippen molar-refractivity contribution in [2.24, 2.45) is 10.7 Å². The van der Waals surface area contributed by atoms with Gasteiger partial charge in [0.1, 0.15) is 0 Å². The van der Waals surface area contributed by atoms with E-state index in [4.69, 9.17) is 5.73 Å². The molecule has 0 saturated carbocycles. The van der Waals surface area contributed by atoms with Gasteiger partial charge < -0.3 is 15.8 Å². The molecule has 0 aliphatic heterocycles. The minimum absolute atomic E-state index is 0.0270. The number of para-hydroxylation sites is 2. The van der Waals surface area contributed by atoms with Crippen LogP contribution in [0.25, 0.3) is 0 Å². The van der Waals surface area contributed by atoms with E-state index >= 15 is 0 Å². The van der Waals surface area contributed by atoms with Crippen LogP contribution in [-0.2, 0) is 6.42 Å². The second kappa shape index (κ2) is 7.53. The fraction of sp³-hybridized carbons (Fsp3) is 0.188. The summed E-state index contributed by atoms with van der Waals surface area (Å²) in [6, 6.07) is 15.3. The van der Waals surface area contributed by atoms with Gasteiger partial charge in [-0.1, -0.05) is 42.5 Å². The van der Waals surface area contributed by atoms with Gasteiger partial charge in [0.25, 0.3) is 0 Å². The van der Waals surface area contributed by atoms with E-state index < -0.39 is 6.36 Å². The maximum atomic E-state index is 12.3. The fourth-order valence-electron chi connectivity index (χ4n) is 1.91. The second-order valence-corrected chi connectivity index (χ2v) is 4.67. The van der Waals surface area contributed by atoms with Gasteiger partial charge in [0, 0.05) is 6.54 Å². The van der Waals surface area contributed by atoms with Gasteiger partial charge >= 0.3 is 6.36 Å². The SMILES string of the molecule is NC(=NCCc1ccccc1)Nc1ccccc1OC(F)(F)F. The van der Waals surface area contributed by atoms with Gasteiger partial charge in [-0.15, -0.1) is 13.2 Å². The lowest BCUT2D eigenvalue weighted by molar-refractivity contribution is -0.274. The van der Waals surface area contributed by atoms with Crippen LogP contribution in [0.15, 0.2) is 59.6 Å². The summed E-state index contributed by atoms with van der Waals surface area (Å²) in [5, 5.41) is 2.62. The van der Waals surface area contributed by atoms with Crippen molar-refractivity contribution in [3.05, 3.63) is 60.2 Å². The third-order valence-corrected chi connectivity index (χ3v) is 2.90. The van der Waals surface area contributed by atoms with Crippen LogP contribution in [0.1, 0.15) is 5.56 Å². The zero-order chi connectivity index (χ0) is 16.7. The van der Waals surface area contributed by atoms with Gasteiger partial charge in [-0.25, -0.2) is 0 Å². The quantitative estimate of drug-likeness (QED) is 0.653. The number of guanidine groups is 1. The Bertz CT molecular complexity index is 657. The summed E-state index contributed by atoms with van der Waals surface area (Å²) in [6.45, 7) is 0.422. The van der Waals surface area contributed by atoms with E-state index in [9.17, 15) is 13.2 Å². The number of ether oxygens (including phenoxy) is 1. The average molecular weight is 323 g/mol. The summed E-state index contributed by atoms with van der Waals surface area (Å²) in [4.78, 5) is 4.10. The summed E-state index contributed by atoms with van der Waals surface area (Å²) >= 11 is 0. The van der Waals surface area contributed by atoms with Crippen molar-refractivity contribution in [1.29, 1.82) is 0 Å². The number of hydrogen-bond donors (Lipinski definition) is 2. The molecule has 0 radical (unpaired) electrons. The number of hydrogen-bond acceptors (Lipinski definition) is 2. The lowest BCUT2D eigenvalue weighted by Gasteiger charge is -2.14. The third kappa shape index (κ3) is 5.90. The van der Waals surface area contributed by atoms with Crippen molar-refractivity contribution in [2.75, 3.05) is 11.9 Å². The van der Waals surface area contributed by atoms with Crippen molar-refractivity contribution in [3.63, 3.8) is 0 Å². The van der Waals surface area contributed by atoms with E-state index in [-0.39, 0.29) is 17.4 Å². The van der Waals surface area contributed by atoms with E-state index in [0.717, 1.165) is 5.56 Å². The van der Waals surface area contributed by atoms with Gasteiger partial charge in [-0.3, -0.25) is 4.99 Å². The molecular formula is C16H16F3N3O. The zero-order valence-corrected chi connectivity index (χ0v) is 12.2. The molecule has 0 bridgehead atoms. The number of alkyl halides is 3. The van der Waals surface area contributed by atoms with E-state index in [1.165, 1.54) is 18.2 Å². The van der Waals surface area contributed by atoms with Gasteiger partial charge in [0.2, 0.25) is 0 Å². The Hall–Kier alpha value is -2.70. The summed E-state index contributed by atoms with van der Waals surface area (Å²) in [6.07, 6.45) is -4.08. The van der Waals surface area contributed by atoms with Crippen LogP contribution in [-0.4, -0.2) is 18.9 Å². The molecule has 0 fully saturated rings. The summed E-state index contributed by atoms with van der Waals surface area (Å²) < 4.78 is 40.9. The molecule has 7 heteroatoms. The van der Waals surface area contributed by atoms with E-state index in [2.05, 4.69) is 15.0 Å². The molecule has 2 aromatic carbocycles. The van der Waals surface area contributed by atoms with Crippen LogP contribution < -0.4 is 15.8 Å². The Kier molecular flexibility index (Phi) is 5.46. The monoisotopic (exact) mass is 323 g/mol. The molecule has 0 aliphatic rings. The lowest BCUT2D eigenvalue weighted by atomic mass is 10.2. The molecule has 0 aromatic heterocycles. The molecule has 0 heterocycles. The first-order valence-corrected chi connectivity index (χ1v) is 6.90. The first-order valence-electron chi connectivity index (χ1n) is 6.90. The first kappa shape index (κ1) is 16.7. The largest absolute Gasteiger partial charge is 0.573 e. The molecule has 0 amide bonds. The summed E-state index contributed by atoms with van der Waals surface area (Å²) in [7, 11) is 0. The van der Waals surface area contributed by atoms with Crippen molar-refractivity contribution in [2.45, 2.75) is 12.8 Å². The van der Waals surface area contributed by atoms with Crippen LogP contribution >= 0.6 is 0 Å². The van der Waals surface area contributed by atoms with E-state index in [0.29, 0.717) is 13.0 Å². The second-order valence-electron chi connectivity index (χ2n) is 4.67. The number of benzene rings is 2. The van der Waals surface area contributed by atoms with E-state index in [1.807, 2.05) is 30.3 Å². The summed E-state index contributed by atoms with van der Waals surface area (Å²) in [5.74, 6) is -0.333. The molecule has 122 valence electrons. The lowest BCUT2D eigenvalue weighted by Crippen LogP contribution is -2.24. The van der Waals surface area contributed by atoms with E-state index in [1.54, 1.807) is 6.07 Å². The van der Waals surface area contributed by atoms with Crippen LogP contribution in [0.3, 0.4) is 0 Å². The standard InChI is InChI=1S/C16H16F3N3O/c17-16(18,19)23-14-9-5-4-8-13(14)22-15(20)21-11-10-12-6-2-1-3-7-12/h1-9H,10-11H2,(H3,20,21,22). The van der Waals surface area contributed by atoms with Crippen molar-refractivity contribution in [3.8, 4) is 5.75 Å². The van der Waals surface area contributed by atoms with Crippen LogP contribution in [0.4, 0.5) is 18.9 Å². The Morgan fingerprint density at radius 2 is 1.70 bits per heavy atom. The Balaban J connectivity index is 1.97. The highest BCUT2D eigenvalue weighted by atomic mass is 19.4. The van der Waals surface area contributed by atoms with Gasteiger partial charge in [0.15, 0.2) is 11.7 Å². The molecule has 23 heavy (non-hydrogen) atoms. The molecule has 0 spiro atoms. The maximum Gasteiger partial charge on any atom is 0.573 e. The number of aliphatic imine (C=N–C) groups is 1. The normalized spacial score (nSPS) is 12.0. The number of nitrogens with zero attached hydrogens (tertiary/aromatic N) is 1. The molecule has 2 rings (SSSR count). The molecular weight excluding hydrogens is 307 g/mol. The predicted molar refractivity (Wildman–Crippen MR) is 83.4 cm³/mol. The average Bonchev–Trinajstić information content (AvgIpc) is 2.49. The molecule has 2 aromatic rings. The number of halogens is 3. The number of nitrogens with one attached hydrogen (secondary N) is 1. The molecule has 0 saturated heterocycles. The Morgan fingerprint density at radius 1 is 1.04 bits per heavy atom. The molecule has 3 N–H and O–H groups in total. The first-order chi connectivity index (χ1) is 10.9. The Morgan fingerprint density at radius 3 is 2.39 bits per heavy atom. The molecule has 4 nitrogen and oxygen atoms in total. The molecule has 0 unspecified atom stereocenters. The topological polar surface area (TPSA) is 59.6 Å². The Labute approximate surface area is 131 Å². The highest BCUT2D eigenvalue weighted by Crippen LogP contribution is 2.29. The highest BCUT2D eigenvalue weighted by molar-refractivity contribution is 5.93. The van der Waals surface area contributed by atoms with Gasteiger partial charge in [0.05, 0.1) is 5.69 Å². The van der Waals surface area contributed by atoms with Crippen molar-refractivity contribution in [1.82, 2.24) is 0 Å². The third-order valence-electron chi connectivity index (χ3n) is 2.90. The smallest absolute Gasteiger partial charge is 0.404 e. The molecule has 0 atom stereocenters. The number of nitrogens with two attached hydrogens (primary N) is 1. The zero-order valence-electron chi connectivity index (χ0n) is 12.2. The maximum absolute atomic E-state index is 12.3. The minimum Gasteiger partial charge on any atom is -0.404 e. The highest BCUT2D eigenvalue weighted by Gasteiger charge is 2.32. The fourth-order valence-corrected chi connectivity index (χ4v) is 1.91. The molecule has 0 aliphatic carbocycles. The van der Waals surface area contributed by atoms with Crippen molar-refractivity contribution >= 4 is 11.6 Å². The minimum atomic E-state index is -4.77. The van der Waals surface area contributed by atoms with Crippen LogP contribution in [0, 0.1) is 0 Å². The summed E-state index contributed by atoms with van der Waals surface area (Å²) in [5.41, 5.74) is 6.91. The number of rotatable bonds is 5. The predicted octanol–water partition coefficient (Wildman–Crippen LogP) is 3.55. The van der Waals surface area contributed by atoms with Gasteiger partial charge in [-0.05, 0) is 24.1 Å². The van der Waals surface area contributed by atoms with Gasteiger partial charge in [-0.2, -0.15) is 0 Å². The van der Waals surface area contributed by atoms with Crippen molar-refractivity contribution < 1.29 is 17.9 Å².